The highest BCUT2D eigenvalue weighted by Gasteiger charge is 2.31. The summed E-state index contributed by atoms with van der Waals surface area (Å²) < 4.78 is 15.7. The number of hydrogen-bond donors (Lipinski definition) is 0. The molecule has 0 aliphatic carbocycles. The zero-order valence-electron chi connectivity index (χ0n) is 15.9. The van der Waals surface area contributed by atoms with Crippen LogP contribution in [0.25, 0.3) is 0 Å². The number of ether oxygens (including phenoxy) is 3. The molecule has 1 aliphatic heterocycles. The van der Waals surface area contributed by atoms with Crippen molar-refractivity contribution in [3.05, 3.63) is 24.8 Å². The standard InChI is InChI=1S/C11H20NO3.C7H12O2.ClH/c1-9(2)11(13)14-6-5-12(3,4)7-10-8-15-10;1-3-5-6-9-7(8)4-2;/h10H,1,5-8H2,2-4H3;4H,2-3,5-6H2,1H3;1H/q+1;;/p-1. The molecule has 1 unspecified atom stereocenters. The topological polar surface area (TPSA) is 65.1 Å². The molecule has 6 nitrogen and oxygen atoms in total. The highest BCUT2D eigenvalue weighted by atomic mass is 35.5. The Hall–Kier alpha value is -1.37. The van der Waals surface area contributed by atoms with Crippen LogP contribution in [0.5, 0.6) is 0 Å². The molecule has 1 atom stereocenters. The van der Waals surface area contributed by atoms with Crippen LogP contribution in [0.4, 0.5) is 0 Å². The van der Waals surface area contributed by atoms with Gasteiger partial charge < -0.3 is 31.1 Å². The average molecular weight is 378 g/mol. The Bertz CT molecular complexity index is 433. The number of esters is 2. The first-order valence-electron chi connectivity index (χ1n) is 8.27. The molecule has 0 spiro atoms. The Morgan fingerprint density at radius 2 is 1.88 bits per heavy atom. The maximum Gasteiger partial charge on any atom is 0.333 e. The number of halogens is 1. The van der Waals surface area contributed by atoms with Gasteiger partial charge in [0.15, 0.2) is 0 Å². The molecule has 0 aromatic carbocycles. The van der Waals surface area contributed by atoms with Gasteiger partial charge in [-0.05, 0) is 13.3 Å². The Balaban J connectivity index is 0. The molecule has 0 aromatic heterocycles. The van der Waals surface area contributed by atoms with Crippen LogP contribution >= 0.6 is 0 Å². The monoisotopic (exact) mass is 377 g/mol. The van der Waals surface area contributed by atoms with E-state index in [-0.39, 0.29) is 24.3 Å². The van der Waals surface area contributed by atoms with Crippen LogP contribution in [-0.2, 0) is 23.8 Å². The first kappa shape index (κ1) is 25.9. The largest absolute Gasteiger partial charge is 1.00 e. The molecule has 146 valence electrons. The van der Waals surface area contributed by atoms with Crippen LogP contribution in [0.15, 0.2) is 24.8 Å². The Morgan fingerprint density at radius 3 is 2.32 bits per heavy atom. The third-order valence-corrected chi connectivity index (χ3v) is 3.29. The van der Waals surface area contributed by atoms with Crippen molar-refractivity contribution in [2.24, 2.45) is 0 Å². The summed E-state index contributed by atoms with van der Waals surface area (Å²) in [7, 11) is 4.21. The van der Waals surface area contributed by atoms with E-state index in [0.29, 0.717) is 24.9 Å². The van der Waals surface area contributed by atoms with Crippen LogP contribution in [-0.4, -0.2) is 69.5 Å². The molecule has 0 aromatic rings. The van der Waals surface area contributed by atoms with Gasteiger partial charge in [-0.2, -0.15) is 0 Å². The molecular weight excluding hydrogens is 346 g/mol. The second kappa shape index (κ2) is 13.9. The number of carbonyl (C=O) groups is 2. The van der Waals surface area contributed by atoms with E-state index in [9.17, 15) is 9.59 Å². The van der Waals surface area contributed by atoms with Crippen LogP contribution < -0.4 is 12.4 Å². The minimum Gasteiger partial charge on any atom is -1.00 e. The molecule has 1 fully saturated rings. The van der Waals surface area contributed by atoms with E-state index in [2.05, 4.69) is 32.0 Å². The second-order valence-electron chi connectivity index (χ2n) is 6.44. The lowest BCUT2D eigenvalue weighted by Gasteiger charge is -2.28. The van der Waals surface area contributed by atoms with Gasteiger partial charge in [0.25, 0.3) is 0 Å². The third-order valence-electron chi connectivity index (χ3n) is 3.29. The van der Waals surface area contributed by atoms with E-state index in [1.807, 2.05) is 6.92 Å². The fourth-order valence-corrected chi connectivity index (χ4v) is 1.70. The van der Waals surface area contributed by atoms with E-state index in [1.165, 1.54) is 6.08 Å². The van der Waals surface area contributed by atoms with Gasteiger partial charge in [0.1, 0.15) is 25.8 Å². The van der Waals surface area contributed by atoms with Crippen LogP contribution in [0.3, 0.4) is 0 Å². The number of carbonyl (C=O) groups excluding carboxylic acids is 2. The molecule has 0 bridgehead atoms. The maximum atomic E-state index is 11.1. The van der Waals surface area contributed by atoms with Gasteiger partial charge in [-0.3, -0.25) is 0 Å². The number of nitrogens with zero attached hydrogens (tertiary/aromatic N) is 1. The fraction of sp³-hybridized carbons (Fsp3) is 0.667. The van der Waals surface area contributed by atoms with E-state index in [0.717, 1.165) is 37.0 Å². The Morgan fingerprint density at radius 1 is 1.28 bits per heavy atom. The average Bonchev–Trinajstić information content (AvgIpc) is 3.30. The summed E-state index contributed by atoms with van der Waals surface area (Å²) in [5, 5.41) is 0. The Labute approximate surface area is 157 Å². The number of quaternary nitrogens is 1. The molecule has 0 saturated carbocycles. The maximum absolute atomic E-state index is 11.1. The number of likely N-dealkylation sites (N-methyl/N-ethyl adjacent to an activating group) is 1. The zero-order chi connectivity index (χ0) is 18.6. The smallest absolute Gasteiger partial charge is 0.333 e. The summed E-state index contributed by atoms with van der Waals surface area (Å²) in [4.78, 5) is 21.5. The lowest BCUT2D eigenvalue weighted by Crippen LogP contribution is -3.00. The summed E-state index contributed by atoms with van der Waals surface area (Å²) in [6.45, 7) is 14.1. The minimum atomic E-state index is -0.330. The molecule has 0 N–H and O–H groups in total. The van der Waals surface area contributed by atoms with Crippen molar-refractivity contribution in [3.63, 3.8) is 0 Å². The molecule has 1 aliphatic rings. The number of unbranched alkanes of at least 4 members (excludes halogenated alkanes) is 1. The first-order chi connectivity index (χ1) is 11.2. The van der Waals surface area contributed by atoms with Crippen LogP contribution in [0, 0.1) is 0 Å². The van der Waals surface area contributed by atoms with E-state index in [4.69, 9.17) is 9.47 Å². The second-order valence-corrected chi connectivity index (χ2v) is 6.44. The predicted molar refractivity (Wildman–Crippen MR) is 93.4 cm³/mol. The highest BCUT2D eigenvalue weighted by molar-refractivity contribution is 5.86. The van der Waals surface area contributed by atoms with Crippen LogP contribution in [0.2, 0.25) is 0 Å². The fourth-order valence-electron chi connectivity index (χ4n) is 1.70. The molecule has 25 heavy (non-hydrogen) atoms. The minimum absolute atomic E-state index is 0. The van der Waals surface area contributed by atoms with Crippen molar-refractivity contribution in [1.29, 1.82) is 0 Å². The van der Waals surface area contributed by atoms with Gasteiger partial charge >= 0.3 is 11.9 Å². The molecular formula is C18H32ClNO5. The number of epoxide rings is 1. The van der Waals surface area contributed by atoms with Gasteiger partial charge in [-0.25, -0.2) is 9.59 Å². The van der Waals surface area contributed by atoms with Gasteiger partial charge in [0.2, 0.25) is 0 Å². The molecule has 1 saturated heterocycles. The molecule has 7 heteroatoms. The van der Waals surface area contributed by atoms with Crippen molar-refractivity contribution in [3.8, 4) is 0 Å². The predicted octanol–water partition coefficient (Wildman–Crippen LogP) is -0.899. The lowest BCUT2D eigenvalue weighted by molar-refractivity contribution is -0.890. The van der Waals surface area contributed by atoms with Gasteiger partial charge in [0, 0.05) is 11.6 Å². The summed E-state index contributed by atoms with van der Waals surface area (Å²) in [5.74, 6) is -0.638. The van der Waals surface area contributed by atoms with E-state index < -0.39 is 0 Å². The summed E-state index contributed by atoms with van der Waals surface area (Å²) in [6.07, 6.45) is 3.55. The van der Waals surface area contributed by atoms with Crippen molar-refractivity contribution < 1.29 is 40.7 Å². The summed E-state index contributed by atoms with van der Waals surface area (Å²) in [5.41, 5.74) is 0.450. The highest BCUT2D eigenvalue weighted by Crippen LogP contribution is 2.13. The first-order valence-corrected chi connectivity index (χ1v) is 8.27. The van der Waals surface area contributed by atoms with E-state index >= 15 is 0 Å². The molecule has 1 heterocycles. The van der Waals surface area contributed by atoms with Crippen molar-refractivity contribution in [2.75, 3.05) is 47.0 Å². The molecule has 0 amide bonds. The third kappa shape index (κ3) is 15.9. The summed E-state index contributed by atoms with van der Waals surface area (Å²) in [6, 6.07) is 0. The summed E-state index contributed by atoms with van der Waals surface area (Å²) >= 11 is 0. The normalized spacial score (nSPS) is 15.0. The van der Waals surface area contributed by atoms with Gasteiger partial charge in [-0.15, -0.1) is 0 Å². The number of rotatable bonds is 10. The van der Waals surface area contributed by atoms with Crippen molar-refractivity contribution in [2.45, 2.75) is 32.8 Å². The number of hydrogen-bond acceptors (Lipinski definition) is 5. The van der Waals surface area contributed by atoms with Crippen molar-refractivity contribution in [1.82, 2.24) is 0 Å². The van der Waals surface area contributed by atoms with Crippen LogP contribution in [0.1, 0.15) is 26.7 Å². The quantitative estimate of drug-likeness (QED) is 0.162. The van der Waals surface area contributed by atoms with Crippen molar-refractivity contribution >= 4 is 11.9 Å². The Kier molecular flexibility index (Phi) is 14.3. The van der Waals surface area contributed by atoms with Gasteiger partial charge in [-0.1, -0.05) is 26.5 Å². The lowest BCUT2D eigenvalue weighted by atomic mass is 10.3. The SMILES string of the molecule is C=C(C)C(=O)OCC[N+](C)(C)CC1CO1.C=CC(=O)OCCCC.[Cl-]. The molecule has 1 rings (SSSR count). The van der Waals surface area contributed by atoms with Gasteiger partial charge in [0.05, 0.1) is 27.3 Å². The van der Waals surface area contributed by atoms with E-state index in [1.54, 1.807) is 6.92 Å². The molecule has 0 radical (unpaired) electrons. The zero-order valence-corrected chi connectivity index (χ0v) is 16.6.